The average Bonchev–Trinajstić information content (AvgIpc) is 2.76. The molecule has 1 fully saturated rings. The highest BCUT2D eigenvalue weighted by molar-refractivity contribution is 7.99. The van der Waals surface area contributed by atoms with Crippen LogP contribution in [0.4, 0.5) is 4.39 Å². The molecule has 0 spiro atoms. The van der Waals surface area contributed by atoms with E-state index in [2.05, 4.69) is 15.8 Å². The zero-order valence-electron chi connectivity index (χ0n) is 10.9. The Labute approximate surface area is 121 Å². The highest BCUT2D eigenvalue weighted by Gasteiger charge is 2.27. The fraction of sp³-hybridized carbons (Fsp3) is 0.500. The molecule has 1 aromatic carbocycles. The molecule has 0 amide bonds. The summed E-state index contributed by atoms with van der Waals surface area (Å²) in [5.41, 5.74) is 1.44. The molecule has 1 N–H and O–H groups in total. The standard InChI is InChI=1S/C14H17FN2S2/c1-19-12-8-3-2-6-10(12)17-11-7-4-5-9(15)13(11)16-14(17)18/h4-5,7,10,12H,2-3,6,8H2,1H3,(H,16,18). The van der Waals surface area contributed by atoms with Gasteiger partial charge in [0.05, 0.1) is 5.52 Å². The molecular weight excluding hydrogens is 279 g/mol. The molecule has 0 aliphatic heterocycles. The predicted octanol–water partition coefficient (Wildman–Crippen LogP) is 4.68. The molecule has 0 radical (unpaired) electrons. The Morgan fingerprint density at radius 3 is 2.95 bits per heavy atom. The number of para-hydroxylation sites is 1. The van der Waals surface area contributed by atoms with Gasteiger partial charge in [-0.2, -0.15) is 11.8 Å². The summed E-state index contributed by atoms with van der Waals surface area (Å²) in [6.45, 7) is 0. The van der Waals surface area contributed by atoms with Crippen LogP contribution < -0.4 is 0 Å². The number of hydrogen-bond acceptors (Lipinski definition) is 2. The SMILES string of the molecule is CSC1CCCCC1n1c(=S)[nH]c2c(F)cccc21. The number of thioether (sulfide) groups is 1. The Kier molecular flexibility index (Phi) is 3.67. The molecule has 1 aliphatic carbocycles. The molecule has 2 atom stereocenters. The number of aromatic nitrogens is 2. The van der Waals surface area contributed by atoms with Crippen LogP contribution in [0, 0.1) is 10.6 Å². The molecule has 1 aromatic heterocycles. The van der Waals surface area contributed by atoms with Crippen LogP contribution in [-0.2, 0) is 0 Å². The van der Waals surface area contributed by atoms with Gasteiger partial charge in [0, 0.05) is 11.3 Å². The van der Waals surface area contributed by atoms with Gasteiger partial charge in [-0.3, -0.25) is 0 Å². The van der Waals surface area contributed by atoms with Crippen molar-refractivity contribution in [3.8, 4) is 0 Å². The van der Waals surface area contributed by atoms with Crippen molar-refractivity contribution in [1.82, 2.24) is 9.55 Å². The summed E-state index contributed by atoms with van der Waals surface area (Å²) in [4.78, 5) is 3.03. The van der Waals surface area contributed by atoms with Crippen molar-refractivity contribution in [1.29, 1.82) is 0 Å². The van der Waals surface area contributed by atoms with Gasteiger partial charge in [-0.1, -0.05) is 18.9 Å². The van der Waals surface area contributed by atoms with Crippen LogP contribution >= 0.6 is 24.0 Å². The normalized spacial score (nSPS) is 23.9. The van der Waals surface area contributed by atoms with Crippen molar-refractivity contribution >= 4 is 35.0 Å². The number of halogens is 1. The number of aromatic amines is 1. The van der Waals surface area contributed by atoms with Crippen molar-refractivity contribution in [2.24, 2.45) is 0 Å². The monoisotopic (exact) mass is 296 g/mol. The number of imidazole rings is 1. The van der Waals surface area contributed by atoms with Gasteiger partial charge >= 0.3 is 0 Å². The first-order valence-electron chi connectivity index (χ1n) is 6.64. The van der Waals surface area contributed by atoms with Gasteiger partial charge in [-0.05, 0) is 43.4 Å². The van der Waals surface area contributed by atoms with Crippen LogP contribution in [-0.4, -0.2) is 21.1 Å². The average molecular weight is 296 g/mol. The largest absolute Gasteiger partial charge is 0.328 e. The summed E-state index contributed by atoms with van der Waals surface area (Å²) in [6, 6.07) is 5.57. The number of benzene rings is 1. The van der Waals surface area contributed by atoms with E-state index >= 15 is 0 Å². The van der Waals surface area contributed by atoms with Crippen molar-refractivity contribution in [3.05, 3.63) is 28.8 Å². The highest BCUT2D eigenvalue weighted by atomic mass is 32.2. The van der Waals surface area contributed by atoms with Crippen molar-refractivity contribution in [2.45, 2.75) is 37.0 Å². The van der Waals surface area contributed by atoms with Gasteiger partial charge in [-0.15, -0.1) is 0 Å². The Morgan fingerprint density at radius 2 is 2.16 bits per heavy atom. The third-order valence-corrected chi connectivity index (χ3v) is 5.46. The maximum atomic E-state index is 13.8. The van der Waals surface area contributed by atoms with Crippen LogP contribution in [0.25, 0.3) is 11.0 Å². The van der Waals surface area contributed by atoms with E-state index in [0.717, 1.165) is 11.9 Å². The van der Waals surface area contributed by atoms with E-state index in [1.54, 1.807) is 6.07 Å². The zero-order chi connectivity index (χ0) is 13.4. The lowest BCUT2D eigenvalue weighted by Crippen LogP contribution is -2.25. The van der Waals surface area contributed by atoms with Crippen molar-refractivity contribution < 1.29 is 4.39 Å². The van der Waals surface area contributed by atoms with Gasteiger partial charge in [0.15, 0.2) is 4.77 Å². The van der Waals surface area contributed by atoms with E-state index in [4.69, 9.17) is 12.2 Å². The van der Waals surface area contributed by atoms with Crippen LogP contribution in [0.3, 0.4) is 0 Å². The van der Waals surface area contributed by atoms with E-state index in [9.17, 15) is 4.39 Å². The van der Waals surface area contributed by atoms with E-state index in [0.29, 0.717) is 21.6 Å². The van der Waals surface area contributed by atoms with Crippen LogP contribution in [0.5, 0.6) is 0 Å². The summed E-state index contributed by atoms with van der Waals surface area (Å²) in [7, 11) is 0. The molecule has 19 heavy (non-hydrogen) atoms. The minimum atomic E-state index is -0.223. The van der Waals surface area contributed by atoms with Gasteiger partial charge in [0.1, 0.15) is 11.3 Å². The molecule has 1 heterocycles. The molecule has 3 rings (SSSR count). The second kappa shape index (κ2) is 5.29. The minimum absolute atomic E-state index is 0.223. The predicted molar refractivity (Wildman–Crippen MR) is 81.9 cm³/mol. The first kappa shape index (κ1) is 13.2. The maximum Gasteiger partial charge on any atom is 0.178 e. The summed E-state index contributed by atoms with van der Waals surface area (Å²) < 4.78 is 16.6. The Bertz CT molecular complexity index is 646. The van der Waals surface area contributed by atoms with Crippen molar-refractivity contribution in [2.75, 3.05) is 6.26 Å². The minimum Gasteiger partial charge on any atom is -0.328 e. The fourth-order valence-corrected chi connectivity index (χ4v) is 4.40. The molecule has 0 bridgehead atoms. The molecule has 1 aliphatic rings. The van der Waals surface area contributed by atoms with Gasteiger partial charge in [-0.25, -0.2) is 4.39 Å². The summed E-state index contributed by atoms with van der Waals surface area (Å²) >= 11 is 7.32. The number of fused-ring (bicyclic) bond motifs is 1. The smallest absolute Gasteiger partial charge is 0.178 e. The Hall–Kier alpha value is -0.810. The first-order chi connectivity index (χ1) is 9.22. The molecule has 2 aromatic rings. The fourth-order valence-electron chi connectivity index (χ4n) is 3.09. The summed E-state index contributed by atoms with van der Waals surface area (Å²) in [5.74, 6) is -0.223. The lowest BCUT2D eigenvalue weighted by atomic mass is 9.94. The molecule has 5 heteroatoms. The summed E-state index contributed by atoms with van der Waals surface area (Å²) in [6.07, 6.45) is 7.01. The van der Waals surface area contributed by atoms with Gasteiger partial charge < -0.3 is 9.55 Å². The maximum absolute atomic E-state index is 13.8. The topological polar surface area (TPSA) is 20.7 Å². The molecule has 2 nitrogen and oxygen atoms in total. The molecule has 1 saturated carbocycles. The third kappa shape index (κ3) is 2.23. The molecule has 102 valence electrons. The number of H-pyrrole nitrogens is 1. The van der Waals surface area contributed by atoms with Gasteiger partial charge in [0.2, 0.25) is 0 Å². The van der Waals surface area contributed by atoms with Crippen LogP contribution in [0.1, 0.15) is 31.7 Å². The molecular formula is C14H17FN2S2. The summed E-state index contributed by atoms with van der Waals surface area (Å²) in [5, 5.41) is 0.572. The van der Waals surface area contributed by atoms with Crippen LogP contribution in [0.2, 0.25) is 0 Å². The van der Waals surface area contributed by atoms with Crippen LogP contribution in [0.15, 0.2) is 18.2 Å². The van der Waals surface area contributed by atoms with E-state index in [1.807, 2.05) is 17.8 Å². The van der Waals surface area contributed by atoms with Gasteiger partial charge in [0.25, 0.3) is 0 Å². The van der Waals surface area contributed by atoms with E-state index < -0.39 is 0 Å². The number of nitrogens with one attached hydrogen (secondary N) is 1. The third-order valence-electron chi connectivity index (χ3n) is 4.00. The lowest BCUT2D eigenvalue weighted by molar-refractivity contribution is 0.369. The number of rotatable bonds is 2. The second-order valence-electron chi connectivity index (χ2n) is 5.06. The first-order valence-corrected chi connectivity index (χ1v) is 8.33. The molecule has 2 unspecified atom stereocenters. The highest BCUT2D eigenvalue weighted by Crippen LogP contribution is 2.37. The quantitative estimate of drug-likeness (QED) is 0.812. The van der Waals surface area contributed by atoms with E-state index in [-0.39, 0.29) is 5.82 Å². The zero-order valence-corrected chi connectivity index (χ0v) is 12.5. The Balaban J connectivity index is 2.16. The molecule has 0 saturated heterocycles. The number of hydrogen-bond donors (Lipinski definition) is 1. The Morgan fingerprint density at radius 1 is 1.37 bits per heavy atom. The second-order valence-corrected chi connectivity index (χ2v) is 6.52. The van der Waals surface area contributed by atoms with E-state index in [1.165, 1.54) is 25.3 Å². The lowest BCUT2D eigenvalue weighted by Gasteiger charge is -2.31. The van der Waals surface area contributed by atoms with Crippen molar-refractivity contribution in [3.63, 3.8) is 0 Å². The number of nitrogens with zero attached hydrogens (tertiary/aromatic N) is 1.